The van der Waals surface area contributed by atoms with Crippen LogP contribution in [0.2, 0.25) is 0 Å². The molecule has 0 fully saturated rings. The maximum absolute atomic E-state index is 12.2. The molecule has 2 rings (SSSR count). The second-order valence-electron chi connectivity index (χ2n) is 5.79. The second kappa shape index (κ2) is 7.74. The molecule has 0 saturated carbocycles. The smallest absolute Gasteiger partial charge is 0.232 e. The van der Waals surface area contributed by atoms with E-state index < -0.39 is 10.0 Å². The number of rotatable bonds is 8. The molecule has 134 valence electrons. The van der Waals surface area contributed by atoms with Crippen LogP contribution in [0.5, 0.6) is 11.5 Å². The van der Waals surface area contributed by atoms with Gasteiger partial charge in [0.1, 0.15) is 0 Å². The number of hydrogen-bond acceptors (Lipinski definition) is 5. The van der Waals surface area contributed by atoms with Gasteiger partial charge < -0.3 is 14.4 Å². The summed E-state index contributed by atoms with van der Waals surface area (Å²) in [6.45, 7) is 2.95. The van der Waals surface area contributed by atoms with Crippen molar-refractivity contribution >= 4 is 21.6 Å². The lowest BCUT2D eigenvalue weighted by Crippen LogP contribution is -2.35. The van der Waals surface area contributed by atoms with Crippen LogP contribution in [0.15, 0.2) is 18.2 Å². The SMILES string of the molecule is CCCCN(C)C(=O)CCN(c1ccc2c(c1)OCO2)S(C)(=O)=O. The molecule has 1 aliphatic heterocycles. The molecule has 0 N–H and O–H groups in total. The summed E-state index contributed by atoms with van der Waals surface area (Å²) in [4.78, 5) is 13.8. The van der Waals surface area contributed by atoms with E-state index in [2.05, 4.69) is 6.92 Å². The molecular formula is C16H24N2O5S. The topological polar surface area (TPSA) is 76.2 Å². The van der Waals surface area contributed by atoms with Gasteiger partial charge in [-0.05, 0) is 18.6 Å². The van der Waals surface area contributed by atoms with Crippen LogP contribution in [0.3, 0.4) is 0 Å². The van der Waals surface area contributed by atoms with Crippen molar-refractivity contribution in [3.63, 3.8) is 0 Å². The Balaban J connectivity index is 2.09. The van der Waals surface area contributed by atoms with Crippen LogP contribution >= 0.6 is 0 Å². The Labute approximate surface area is 143 Å². The van der Waals surface area contributed by atoms with E-state index in [9.17, 15) is 13.2 Å². The molecule has 1 amide bonds. The van der Waals surface area contributed by atoms with Gasteiger partial charge in [-0.1, -0.05) is 13.3 Å². The van der Waals surface area contributed by atoms with E-state index in [0.717, 1.165) is 19.1 Å². The highest BCUT2D eigenvalue weighted by atomic mass is 32.2. The van der Waals surface area contributed by atoms with Gasteiger partial charge in [-0.15, -0.1) is 0 Å². The van der Waals surface area contributed by atoms with Gasteiger partial charge in [0.2, 0.25) is 22.7 Å². The first-order valence-corrected chi connectivity index (χ1v) is 9.79. The maximum atomic E-state index is 12.2. The summed E-state index contributed by atoms with van der Waals surface area (Å²) < 4.78 is 36.0. The number of unbranched alkanes of at least 4 members (excludes halogenated alkanes) is 1. The Morgan fingerprint density at radius 3 is 2.58 bits per heavy atom. The molecule has 1 aromatic rings. The number of fused-ring (bicyclic) bond motifs is 1. The molecule has 24 heavy (non-hydrogen) atoms. The molecule has 0 radical (unpaired) electrons. The molecule has 0 atom stereocenters. The lowest BCUT2D eigenvalue weighted by atomic mass is 10.2. The molecule has 0 spiro atoms. The van der Waals surface area contributed by atoms with Crippen molar-refractivity contribution in [2.45, 2.75) is 26.2 Å². The Kier molecular flexibility index (Phi) is 5.93. The van der Waals surface area contributed by atoms with Crippen LogP contribution in [0.1, 0.15) is 26.2 Å². The Morgan fingerprint density at radius 2 is 1.92 bits per heavy atom. The van der Waals surface area contributed by atoms with Crippen LogP contribution in [0, 0.1) is 0 Å². The second-order valence-corrected chi connectivity index (χ2v) is 7.70. The zero-order chi connectivity index (χ0) is 17.7. The number of carbonyl (C=O) groups is 1. The predicted molar refractivity (Wildman–Crippen MR) is 91.9 cm³/mol. The molecular weight excluding hydrogens is 332 g/mol. The van der Waals surface area contributed by atoms with Crippen molar-refractivity contribution in [1.29, 1.82) is 0 Å². The monoisotopic (exact) mass is 356 g/mol. The number of nitrogens with zero attached hydrogens (tertiary/aromatic N) is 2. The molecule has 7 nitrogen and oxygen atoms in total. The number of hydrogen-bond donors (Lipinski definition) is 0. The van der Waals surface area contributed by atoms with E-state index >= 15 is 0 Å². The number of ether oxygens (including phenoxy) is 2. The van der Waals surface area contributed by atoms with E-state index in [1.807, 2.05) is 0 Å². The molecule has 0 unspecified atom stereocenters. The standard InChI is InChI=1S/C16H24N2O5S/c1-4-5-9-17(2)16(19)8-10-18(24(3,20)21)13-6-7-14-15(11-13)23-12-22-14/h6-7,11H,4-5,8-10,12H2,1-3H3. The first-order valence-electron chi connectivity index (χ1n) is 7.94. The third-order valence-electron chi connectivity index (χ3n) is 3.85. The van der Waals surface area contributed by atoms with E-state index in [4.69, 9.17) is 9.47 Å². The molecule has 1 aliphatic rings. The minimum atomic E-state index is -3.51. The van der Waals surface area contributed by atoms with Gasteiger partial charge in [-0.25, -0.2) is 8.42 Å². The third-order valence-corrected chi connectivity index (χ3v) is 5.04. The van der Waals surface area contributed by atoms with Crippen molar-refractivity contribution < 1.29 is 22.7 Å². The van der Waals surface area contributed by atoms with Crippen molar-refractivity contribution in [2.75, 3.05) is 37.5 Å². The Morgan fingerprint density at radius 1 is 1.21 bits per heavy atom. The minimum Gasteiger partial charge on any atom is -0.454 e. The van der Waals surface area contributed by atoms with Gasteiger partial charge in [0, 0.05) is 32.6 Å². The van der Waals surface area contributed by atoms with E-state index in [0.29, 0.717) is 23.7 Å². The average molecular weight is 356 g/mol. The normalized spacial score (nSPS) is 13.0. The highest BCUT2D eigenvalue weighted by Crippen LogP contribution is 2.36. The predicted octanol–water partition coefficient (Wildman–Crippen LogP) is 1.83. The zero-order valence-electron chi connectivity index (χ0n) is 14.3. The van der Waals surface area contributed by atoms with Gasteiger partial charge >= 0.3 is 0 Å². The van der Waals surface area contributed by atoms with Gasteiger partial charge in [0.05, 0.1) is 11.9 Å². The lowest BCUT2D eigenvalue weighted by molar-refractivity contribution is -0.129. The number of anilines is 1. The molecule has 1 heterocycles. The lowest BCUT2D eigenvalue weighted by Gasteiger charge is -2.24. The third kappa shape index (κ3) is 4.53. The van der Waals surface area contributed by atoms with Crippen LogP contribution < -0.4 is 13.8 Å². The summed E-state index contributed by atoms with van der Waals surface area (Å²) in [5.41, 5.74) is 0.464. The molecule has 8 heteroatoms. The first kappa shape index (κ1) is 18.4. The maximum Gasteiger partial charge on any atom is 0.232 e. The van der Waals surface area contributed by atoms with Gasteiger partial charge in [0.15, 0.2) is 11.5 Å². The fourth-order valence-electron chi connectivity index (χ4n) is 2.43. The van der Waals surface area contributed by atoms with Crippen LogP contribution in [0.25, 0.3) is 0 Å². The quantitative estimate of drug-likeness (QED) is 0.710. The van der Waals surface area contributed by atoms with E-state index in [1.54, 1.807) is 30.1 Å². The summed E-state index contributed by atoms with van der Waals surface area (Å²) in [5, 5.41) is 0. The van der Waals surface area contributed by atoms with Crippen molar-refractivity contribution in [1.82, 2.24) is 4.90 Å². The fourth-order valence-corrected chi connectivity index (χ4v) is 3.35. The van der Waals surface area contributed by atoms with Gasteiger partial charge in [0.25, 0.3) is 0 Å². The largest absolute Gasteiger partial charge is 0.454 e. The minimum absolute atomic E-state index is 0.0714. The Bertz CT molecular complexity index is 690. The number of carbonyl (C=O) groups excluding carboxylic acids is 1. The summed E-state index contributed by atoms with van der Waals surface area (Å²) in [6.07, 6.45) is 3.19. The fraction of sp³-hybridized carbons (Fsp3) is 0.562. The number of sulfonamides is 1. The van der Waals surface area contributed by atoms with Crippen molar-refractivity contribution in [3.05, 3.63) is 18.2 Å². The van der Waals surface area contributed by atoms with Crippen LogP contribution in [-0.2, 0) is 14.8 Å². The van der Waals surface area contributed by atoms with Gasteiger partial charge in [-0.3, -0.25) is 9.10 Å². The molecule has 0 aromatic heterocycles. The van der Waals surface area contributed by atoms with Crippen LogP contribution in [0.4, 0.5) is 5.69 Å². The molecule has 1 aromatic carbocycles. The van der Waals surface area contributed by atoms with Crippen molar-refractivity contribution in [3.8, 4) is 11.5 Å². The Hall–Kier alpha value is -1.96. The first-order chi connectivity index (χ1) is 11.3. The summed E-state index contributed by atoms with van der Waals surface area (Å²) >= 11 is 0. The summed E-state index contributed by atoms with van der Waals surface area (Å²) in [6, 6.07) is 4.94. The van der Waals surface area contributed by atoms with E-state index in [1.165, 1.54) is 4.31 Å². The van der Waals surface area contributed by atoms with Gasteiger partial charge in [-0.2, -0.15) is 0 Å². The average Bonchev–Trinajstić information content (AvgIpc) is 2.98. The van der Waals surface area contributed by atoms with Crippen molar-refractivity contribution in [2.24, 2.45) is 0 Å². The molecule has 0 saturated heterocycles. The number of amides is 1. The van der Waals surface area contributed by atoms with E-state index in [-0.39, 0.29) is 25.7 Å². The molecule has 0 aliphatic carbocycles. The summed E-state index contributed by atoms with van der Waals surface area (Å²) in [7, 11) is -1.77. The highest BCUT2D eigenvalue weighted by molar-refractivity contribution is 7.92. The zero-order valence-corrected chi connectivity index (χ0v) is 15.1. The summed E-state index contributed by atoms with van der Waals surface area (Å²) in [5.74, 6) is 1.02. The van der Waals surface area contributed by atoms with Crippen LogP contribution in [-0.4, -0.2) is 52.4 Å². The number of benzene rings is 1. The molecule has 0 bridgehead atoms. The highest BCUT2D eigenvalue weighted by Gasteiger charge is 2.22.